The minimum Gasteiger partial charge on any atom is -0.364 e. The highest BCUT2D eigenvalue weighted by Gasteiger charge is 2.19. The first-order valence-corrected chi connectivity index (χ1v) is 5.43. The summed E-state index contributed by atoms with van der Waals surface area (Å²) in [5.41, 5.74) is 7.02. The Morgan fingerprint density at radius 1 is 1.18 bits per heavy atom. The minimum absolute atomic E-state index is 0.434. The zero-order chi connectivity index (χ0) is 12.3. The molecule has 0 aliphatic heterocycles. The van der Waals surface area contributed by atoms with Gasteiger partial charge in [-0.3, -0.25) is 0 Å². The lowest BCUT2D eigenvalue weighted by atomic mass is 9.96. The normalized spacial score (nSPS) is 14.2. The molecule has 0 saturated carbocycles. The third-order valence-electron chi connectivity index (χ3n) is 2.89. The topological polar surface area (TPSA) is 59.0 Å². The Morgan fingerprint density at radius 2 is 1.88 bits per heavy atom. The van der Waals surface area contributed by atoms with Gasteiger partial charge >= 0.3 is 0 Å². The van der Waals surface area contributed by atoms with Crippen LogP contribution in [-0.2, 0) is 4.74 Å². The van der Waals surface area contributed by atoms with E-state index in [2.05, 4.69) is 6.07 Å². The highest BCUT2D eigenvalue weighted by molar-refractivity contribution is 5.86. The predicted octanol–water partition coefficient (Wildman–Crippen LogP) is 2.38. The molecule has 3 heteroatoms. The number of fused-ring (bicyclic) bond motifs is 1. The lowest BCUT2D eigenvalue weighted by Gasteiger charge is -2.18. The van der Waals surface area contributed by atoms with Crippen molar-refractivity contribution in [1.82, 2.24) is 0 Å². The number of nitrogens with zero attached hydrogens (tertiary/aromatic N) is 1. The number of nitrogens with two attached hydrogens (primary N) is 1. The summed E-state index contributed by atoms with van der Waals surface area (Å²) >= 11 is 0. The summed E-state index contributed by atoms with van der Waals surface area (Å²) in [7, 11) is 1.50. The number of hydrogen-bond acceptors (Lipinski definition) is 3. The van der Waals surface area contributed by atoms with Gasteiger partial charge in [0.05, 0.1) is 12.1 Å². The van der Waals surface area contributed by atoms with Crippen molar-refractivity contribution >= 4 is 10.8 Å². The molecule has 0 spiro atoms. The van der Waals surface area contributed by atoms with E-state index in [0.29, 0.717) is 0 Å². The fourth-order valence-electron chi connectivity index (χ4n) is 1.98. The van der Waals surface area contributed by atoms with Gasteiger partial charge in [-0.15, -0.1) is 0 Å². The highest BCUT2D eigenvalue weighted by atomic mass is 16.5. The van der Waals surface area contributed by atoms with Gasteiger partial charge in [-0.25, -0.2) is 0 Å². The van der Waals surface area contributed by atoms with Crippen molar-refractivity contribution in [2.45, 2.75) is 12.1 Å². The van der Waals surface area contributed by atoms with Crippen molar-refractivity contribution in [3.63, 3.8) is 0 Å². The maximum Gasteiger partial charge on any atom is 0.162 e. The molecule has 2 aromatic rings. The van der Waals surface area contributed by atoms with Gasteiger partial charge in [-0.2, -0.15) is 5.26 Å². The molecule has 2 atom stereocenters. The number of hydrogen-bond donors (Lipinski definition) is 1. The predicted molar refractivity (Wildman–Crippen MR) is 67.3 cm³/mol. The molecule has 86 valence electrons. The van der Waals surface area contributed by atoms with Gasteiger partial charge in [0.2, 0.25) is 0 Å². The molecule has 0 aromatic heterocycles. The molecule has 2 aromatic carbocycles. The molecule has 0 unspecified atom stereocenters. The van der Waals surface area contributed by atoms with Crippen molar-refractivity contribution in [1.29, 1.82) is 5.26 Å². The molecular weight excluding hydrogens is 212 g/mol. The number of benzene rings is 2. The van der Waals surface area contributed by atoms with E-state index in [1.54, 1.807) is 0 Å². The Labute approximate surface area is 100 Å². The van der Waals surface area contributed by atoms with E-state index in [1.165, 1.54) is 7.11 Å². The Hall–Kier alpha value is -1.89. The van der Waals surface area contributed by atoms with Crippen LogP contribution in [0.25, 0.3) is 10.8 Å². The van der Waals surface area contributed by atoms with E-state index < -0.39 is 12.1 Å². The van der Waals surface area contributed by atoms with Gasteiger partial charge in [-0.1, -0.05) is 42.5 Å². The van der Waals surface area contributed by atoms with E-state index in [4.69, 9.17) is 15.7 Å². The van der Waals surface area contributed by atoms with Gasteiger partial charge < -0.3 is 10.5 Å². The number of rotatable bonds is 3. The van der Waals surface area contributed by atoms with E-state index in [0.717, 1.165) is 16.3 Å². The molecule has 0 heterocycles. The van der Waals surface area contributed by atoms with Gasteiger partial charge in [0.15, 0.2) is 6.10 Å². The lowest BCUT2D eigenvalue weighted by molar-refractivity contribution is 0.125. The van der Waals surface area contributed by atoms with Crippen LogP contribution in [0, 0.1) is 11.3 Å². The average Bonchev–Trinajstić information content (AvgIpc) is 2.39. The second-order valence-corrected chi connectivity index (χ2v) is 3.88. The van der Waals surface area contributed by atoms with Crippen LogP contribution < -0.4 is 5.73 Å². The minimum atomic E-state index is -0.624. The van der Waals surface area contributed by atoms with E-state index >= 15 is 0 Å². The van der Waals surface area contributed by atoms with E-state index in [9.17, 15) is 0 Å². The number of ether oxygens (including phenoxy) is 1. The molecule has 0 fully saturated rings. The van der Waals surface area contributed by atoms with E-state index in [1.807, 2.05) is 42.5 Å². The van der Waals surface area contributed by atoms with Crippen molar-refractivity contribution in [3.8, 4) is 6.07 Å². The third-order valence-corrected chi connectivity index (χ3v) is 2.89. The fourth-order valence-corrected chi connectivity index (χ4v) is 1.98. The van der Waals surface area contributed by atoms with E-state index in [-0.39, 0.29) is 0 Å². The number of methoxy groups -OCH3 is 1. The second-order valence-electron chi connectivity index (χ2n) is 3.88. The summed E-state index contributed by atoms with van der Waals surface area (Å²) in [5.74, 6) is 0. The van der Waals surface area contributed by atoms with Crippen LogP contribution in [0.1, 0.15) is 11.6 Å². The quantitative estimate of drug-likeness (QED) is 0.874. The smallest absolute Gasteiger partial charge is 0.162 e. The van der Waals surface area contributed by atoms with Crippen molar-refractivity contribution < 1.29 is 4.74 Å². The molecule has 3 nitrogen and oxygen atoms in total. The molecule has 0 saturated heterocycles. The third kappa shape index (κ3) is 2.14. The van der Waals surface area contributed by atoms with Crippen molar-refractivity contribution in [2.24, 2.45) is 5.73 Å². The van der Waals surface area contributed by atoms with Crippen molar-refractivity contribution in [3.05, 3.63) is 48.0 Å². The summed E-state index contributed by atoms with van der Waals surface area (Å²) in [5, 5.41) is 11.2. The molecule has 0 radical (unpaired) electrons. The summed E-state index contributed by atoms with van der Waals surface area (Å²) in [6.07, 6.45) is -0.624. The Kier molecular flexibility index (Phi) is 3.38. The zero-order valence-electron chi connectivity index (χ0n) is 9.63. The molecule has 0 amide bonds. The summed E-state index contributed by atoms with van der Waals surface area (Å²) < 4.78 is 5.08. The van der Waals surface area contributed by atoms with Gasteiger partial charge in [0, 0.05) is 7.11 Å². The molecule has 0 aliphatic carbocycles. The Bertz CT molecular complexity index is 554. The lowest BCUT2D eigenvalue weighted by Crippen LogP contribution is -2.26. The zero-order valence-corrected chi connectivity index (χ0v) is 9.63. The number of nitriles is 1. The van der Waals surface area contributed by atoms with Crippen LogP contribution in [0.15, 0.2) is 42.5 Å². The van der Waals surface area contributed by atoms with Crippen LogP contribution in [0.4, 0.5) is 0 Å². The van der Waals surface area contributed by atoms with Gasteiger partial charge in [-0.05, 0) is 16.3 Å². The molecule has 2 rings (SSSR count). The SMILES string of the molecule is CO[C@@H](C#N)[C@H](N)c1cccc2ccccc12. The first kappa shape index (κ1) is 11.6. The molecule has 2 N–H and O–H groups in total. The van der Waals surface area contributed by atoms with Crippen LogP contribution >= 0.6 is 0 Å². The summed E-state index contributed by atoms with van der Waals surface area (Å²) in [6.45, 7) is 0. The largest absolute Gasteiger partial charge is 0.364 e. The Balaban J connectivity index is 2.52. The first-order valence-electron chi connectivity index (χ1n) is 5.43. The maximum absolute atomic E-state index is 8.97. The van der Waals surface area contributed by atoms with Gasteiger partial charge in [0.1, 0.15) is 0 Å². The van der Waals surface area contributed by atoms with Crippen LogP contribution in [0.5, 0.6) is 0 Å². The summed E-state index contributed by atoms with van der Waals surface area (Å²) in [4.78, 5) is 0. The molecule has 17 heavy (non-hydrogen) atoms. The van der Waals surface area contributed by atoms with Crippen LogP contribution in [0.3, 0.4) is 0 Å². The molecule has 0 aliphatic rings. The molecular formula is C14H14N2O. The average molecular weight is 226 g/mol. The van der Waals surface area contributed by atoms with Gasteiger partial charge in [0.25, 0.3) is 0 Å². The maximum atomic E-state index is 8.97. The first-order chi connectivity index (χ1) is 8.27. The van der Waals surface area contributed by atoms with Crippen molar-refractivity contribution in [2.75, 3.05) is 7.11 Å². The summed E-state index contributed by atoms with van der Waals surface area (Å²) in [6, 6.07) is 15.5. The standard InChI is InChI=1S/C14H14N2O/c1-17-13(9-15)14(16)12-8-4-6-10-5-2-3-7-11(10)12/h2-8,13-14H,16H2,1H3/t13-,14+/m0/s1. The Morgan fingerprint density at radius 3 is 2.59 bits per heavy atom. The fraction of sp³-hybridized carbons (Fsp3) is 0.214. The molecule has 0 bridgehead atoms. The highest BCUT2D eigenvalue weighted by Crippen LogP contribution is 2.25. The second kappa shape index (κ2) is 4.96. The van der Waals surface area contributed by atoms with Crippen LogP contribution in [0.2, 0.25) is 0 Å². The monoisotopic (exact) mass is 226 g/mol. The van der Waals surface area contributed by atoms with Crippen LogP contribution in [-0.4, -0.2) is 13.2 Å².